The van der Waals surface area contributed by atoms with Crippen LogP contribution in [0.25, 0.3) is 0 Å². The van der Waals surface area contributed by atoms with Crippen LogP contribution in [-0.4, -0.2) is 38.1 Å². The molecule has 0 aliphatic heterocycles. The van der Waals surface area contributed by atoms with Gasteiger partial charge in [0.25, 0.3) is 0 Å². The molecule has 2 N–H and O–H groups in total. The molecule has 7 heteroatoms. The monoisotopic (exact) mass is 370 g/mol. The van der Waals surface area contributed by atoms with E-state index in [-0.39, 0.29) is 24.9 Å². The topological polar surface area (TPSA) is 64.8 Å². The zero-order valence-electron chi connectivity index (χ0n) is 13.9. The van der Waals surface area contributed by atoms with E-state index in [1.807, 2.05) is 35.0 Å². The first-order valence-corrected chi connectivity index (χ1v) is 8.32. The largest absolute Gasteiger partial charge is 0.493 e. The van der Waals surface area contributed by atoms with Crippen LogP contribution < -0.4 is 15.2 Å². The molecule has 5 nitrogen and oxygen atoms in total. The summed E-state index contributed by atoms with van der Waals surface area (Å²) in [5, 5.41) is 4.06. The van der Waals surface area contributed by atoms with E-state index in [1.165, 1.54) is 0 Å². The minimum atomic E-state index is -0.0447. The highest BCUT2D eigenvalue weighted by atomic mass is 35.5. The molecule has 2 aromatic rings. The number of nitrogens with zero attached hydrogens (tertiary/aromatic N) is 1. The fraction of sp³-hybridized carbons (Fsp3) is 0.353. The van der Waals surface area contributed by atoms with Gasteiger partial charge < -0.3 is 20.1 Å². The molecule has 0 radical (unpaired) electrons. The predicted molar refractivity (Wildman–Crippen MR) is 99.3 cm³/mol. The Morgan fingerprint density at radius 1 is 1.17 bits per heavy atom. The average molecular weight is 371 g/mol. The second-order valence-corrected chi connectivity index (χ2v) is 5.87. The fourth-order valence-corrected chi connectivity index (χ4v) is 2.98. The smallest absolute Gasteiger partial charge is 0.236 e. The number of hydrogen-bond donors (Lipinski definition) is 1. The highest BCUT2D eigenvalue weighted by molar-refractivity contribution is 7.07. The molecule has 0 saturated heterocycles. The van der Waals surface area contributed by atoms with Gasteiger partial charge in [-0.2, -0.15) is 11.3 Å². The minimum Gasteiger partial charge on any atom is -0.493 e. The van der Waals surface area contributed by atoms with Crippen molar-refractivity contribution in [2.45, 2.75) is 13.0 Å². The average Bonchev–Trinajstić information content (AvgIpc) is 3.10. The summed E-state index contributed by atoms with van der Waals surface area (Å²) in [7, 11) is 3.22. The molecule has 0 unspecified atom stereocenters. The molecule has 132 valence electrons. The van der Waals surface area contributed by atoms with Crippen molar-refractivity contribution in [2.75, 3.05) is 27.3 Å². The van der Waals surface area contributed by atoms with Crippen LogP contribution in [0.15, 0.2) is 35.0 Å². The number of methoxy groups -OCH3 is 2. The van der Waals surface area contributed by atoms with Crippen LogP contribution in [0.2, 0.25) is 0 Å². The molecule has 0 aliphatic carbocycles. The summed E-state index contributed by atoms with van der Waals surface area (Å²) < 4.78 is 10.6. The van der Waals surface area contributed by atoms with Crippen molar-refractivity contribution in [3.63, 3.8) is 0 Å². The number of thiophene rings is 1. The number of benzene rings is 1. The maximum absolute atomic E-state index is 12.0. The molecule has 0 spiro atoms. The van der Waals surface area contributed by atoms with E-state index >= 15 is 0 Å². The van der Waals surface area contributed by atoms with E-state index in [2.05, 4.69) is 0 Å². The Hall–Kier alpha value is -1.76. The maximum atomic E-state index is 12.0. The Morgan fingerprint density at radius 3 is 2.50 bits per heavy atom. The molecule has 1 amide bonds. The van der Waals surface area contributed by atoms with E-state index in [9.17, 15) is 4.79 Å². The number of carbonyl (C=O) groups is 1. The van der Waals surface area contributed by atoms with Crippen LogP contribution >= 0.6 is 23.7 Å². The second kappa shape index (κ2) is 10.2. The third-order valence-electron chi connectivity index (χ3n) is 3.60. The van der Waals surface area contributed by atoms with Gasteiger partial charge in [-0.25, -0.2) is 0 Å². The van der Waals surface area contributed by atoms with Gasteiger partial charge in [0.15, 0.2) is 11.5 Å². The number of nitrogens with two attached hydrogens (primary N) is 1. The Labute approximate surface area is 152 Å². The van der Waals surface area contributed by atoms with Crippen molar-refractivity contribution in [1.29, 1.82) is 0 Å². The molecular weight excluding hydrogens is 348 g/mol. The SMILES string of the molecule is COc1ccc(CCN(Cc2ccsc2)C(=O)CN)cc1OC.Cl. The summed E-state index contributed by atoms with van der Waals surface area (Å²) in [6.45, 7) is 1.23. The molecule has 1 aromatic carbocycles. The summed E-state index contributed by atoms with van der Waals surface area (Å²) in [5.41, 5.74) is 7.74. The van der Waals surface area contributed by atoms with Gasteiger partial charge >= 0.3 is 0 Å². The van der Waals surface area contributed by atoms with Crippen LogP contribution in [0.4, 0.5) is 0 Å². The van der Waals surface area contributed by atoms with E-state index < -0.39 is 0 Å². The summed E-state index contributed by atoms with van der Waals surface area (Å²) in [4.78, 5) is 13.8. The lowest BCUT2D eigenvalue weighted by atomic mass is 10.1. The highest BCUT2D eigenvalue weighted by Crippen LogP contribution is 2.27. The molecule has 0 atom stereocenters. The van der Waals surface area contributed by atoms with Gasteiger partial charge in [-0.3, -0.25) is 4.79 Å². The Bertz CT molecular complexity index is 635. The number of halogens is 1. The third kappa shape index (κ3) is 5.40. The molecule has 0 aliphatic rings. The van der Waals surface area contributed by atoms with Gasteiger partial charge in [0, 0.05) is 13.1 Å². The minimum absolute atomic E-state index is 0. The molecule has 2 rings (SSSR count). The lowest BCUT2D eigenvalue weighted by Crippen LogP contribution is -2.36. The molecule has 0 saturated carbocycles. The van der Waals surface area contributed by atoms with Crippen molar-refractivity contribution >= 4 is 29.7 Å². The first-order chi connectivity index (χ1) is 11.2. The fourth-order valence-electron chi connectivity index (χ4n) is 2.32. The van der Waals surface area contributed by atoms with Crippen LogP contribution in [0.5, 0.6) is 11.5 Å². The van der Waals surface area contributed by atoms with Crippen LogP contribution in [-0.2, 0) is 17.8 Å². The van der Waals surface area contributed by atoms with Gasteiger partial charge in [-0.15, -0.1) is 12.4 Å². The molecular formula is C17H23ClN2O3S. The van der Waals surface area contributed by atoms with Crippen molar-refractivity contribution < 1.29 is 14.3 Å². The lowest BCUT2D eigenvalue weighted by molar-refractivity contribution is -0.130. The van der Waals surface area contributed by atoms with E-state index in [0.29, 0.717) is 24.6 Å². The van der Waals surface area contributed by atoms with Gasteiger partial charge in [-0.1, -0.05) is 6.07 Å². The van der Waals surface area contributed by atoms with Crippen LogP contribution in [0.3, 0.4) is 0 Å². The zero-order valence-corrected chi connectivity index (χ0v) is 15.5. The maximum Gasteiger partial charge on any atom is 0.236 e. The Balaban J connectivity index is 0.00000288. The van der Waals surface area contributed by atoms with Crippen molar-refractivity contribution in [3.8, 4) is 11.5 Å². The lowest BCUT2D eigenvalue weighted by Gasteiger charge is -2.22. The molecule has 1 aromatic heterocycles. The predicted octanol–water partition coefficient (Wildman–Crippen LogP) is 2.72. The number of ether oxygens (including phenoxy) is 2. The quantitative estimate of drug-likeness (QED) is 0.776. The first kappa shape index (κ1) is 20.3. The van der Waals surface area contributed by atoms with Crippen molar-refractivity contribution in [1.82, 2.24) is 4.90 Å². The van der Waals surface area contributed by atoms with E-state index in [1.54, 1.807) is 30.5 Å². The Morgan fingerprint density at radius 2 is 1.92 bits per heavy atom. The number of hydrogen-bond acceptors (Lipinski definition) is 5. The standard InChI is InChI=1S/C17H22N2O3S.ClH/c1-21-15-4-3-13(9-16(15)22-2)5-7-19(17(20)10-18)11-14-6-8-23-12-14;/h3-4,6,8-9,12H,5,7,10-11,18H2,1-2H3;1H. The summed E-state index contributed by atoms with van der Waals surface area (Å²) in [5.74, 6) is 1.35. The first-order valence-electron chi connectivity index (χ1n) is 7.37. The van der Waals surface area contributed by atoms with Gasteiger partial charge in [-0.05, 0) is 46.5 Å². The second-order valence-electron chi connectivity index (χ2n) is 5.09. The third-order valence-corrected chi connectivity index (χ3v) is 4.33. The van der Waals surface area contributed by atoms with Crippen LogP contribution in [0, 0.1) is 0 Å². The molecule has 0 bridgehead atoms. The van der Waals surface area contributed by atoms with Crippen LogP contribution in [0.1, 0.15) is 11.1 Å². The van der Waals surface area contributed by atoms with Crippen molar-refractivity contribution in [2.24, 2.45) is 5.73 Å². The number of rotatable bonds is 8. The molecule has 1 heterocycles. The van der Waals surface area contributed by atoms with E-state index in [4.69, 9.17) is 15.2 Å². The Kier molecular flexibility index (Phi) is 8.60. The number of carbonyl (C=O) groups excluding carboxylic acids is 1. The zero-order chi connectivity index (χ0) is 16.7. The van der Waals surface area contributed by atoms with Gasteiger partial charge in [0.2, 0.25) is 5.91 Å². The van der Waals surface area contributed by atoms with E-state index in [0.717, 1.165) is 17.5 Å². The van der Waals surface area contributed by atoms with Gasteiger partial charge in [0.1, 0.15) is 0 Å². The molecule has 0 fully saturated rings. The van der Waals surface area contributed by atoms with Crippen molar-refractivity contribution in [3.05, 3.63) is 46.2 Å². The highest BCUT2D eigenvalue weighted by Gasteiger charge is 2.13. The van der Waals surface area contributed by atoms with Gasteiger partial charge in [0.05, 0.1) is 20.8 Å². The molecule has 24 heavy (non-hydrogen) atoms. The normalized spacial score (nSPS) is 9.96. The number of amides is 1. The summed E-state index contributed by atoms with van der Waals surface area (Å²) in [6, 6.07) is 7.82. The summed E-state index contributed by atoms with van der Waals surface area (Å²) >= 11 is 1.62. The summed E-state index contributed by atoms with van der Waals surface area (Å²) in [6.07, 6.45) is 0.732.